The van der Waals surface area contributed by atoms with E-state index < -0.39 is 17.8 Å². The largest absolute Gasteiger partial charge is 0.330 e. The standard InChI is InChI=1S/C15H14FN3O2/c1-9-3-6-13(14(20)18-9)19(2)15(21)11-7-10(8-17)4-5-12(11)16/h4-5,7,13H,1,3,6H2,2H3,(H,18,20). The van der Waals surface area contributed by atoms with Crippen molar-refractivity contribution < 1.29 is 14.0 Å². The maximum absolute atomic E-state index is 13.8. The monoisotopic (exact) mass is 287 g/mol. The Balaban J connectivity index is 2.25. The van der Waals surface area contributed by atoms with Crippen LogP contribution < -0.4 is 5.32 Å². The lowest BCUT2D eigenvalue weighted by Crippen LogP contribution is -2.50. The average molecular weight is 287 g/mol. The molecule has 0 spiro atoms. The quantitative estimate of drug-likeness (QED) is 0.897. The van der Waals surface area contributed by atoms with E-state index in [1.165, 1.54) is 24.1 Å². The molecule has 1 aliphatic heterocycles. The number of likely N-dealkylation sites (N-methyl/N-ethyl adjacent to an activating group) is 1. The van der Waals surface area contributed by atoms with Gasteiger partial charge in [0, 0.05) is 12.7 Å². The van der Waals surface area contributed by atoms with Crippen LogP contribution in [0, 0.1) is 17.1 Å². The Bertz CT molecular complexity index is 663. The molecule has 1 aromatic rings. The number of rotatable bonds is 2. The van der Waals surface area contributed by atoms with Gasteiger partial charge < -0.3 is 10.2 Å². The van der Waals surface area contributed by atoms with Crippen molar-refractivity contribution in [3.05, 3.63) is 47.4 Å². The van der Waals surface area contributed by atoms with E-state index in [0.29, 0.717) is 18.5 Å². The summed E-state index contributed by atoms with van der Waals surface area (Å²) in [6, 6.07) is 4.74. The van der Waals surface area contributed by atoms with Crippen molar-refractivity contribution in [2.75, 3.05) is 7.05 Å². The molecule has 1 aromatic carbocycles. The zero-order valence-electron chi connectivity index (χ0n) is 11.5. The number of hydrogen-bond acceptors (Lipinski definition) is 3. The molecule has 1 saturated heterocycles. The number of hydrogen-bond donors (Lipinski definition) is 1. The maximum Gasteiger partial charge on any atom is 0.257 e. The van der Waals surface area contributed by atoms with Crippen molar-refractivity contribution in [3.8, 4) is 6.07 Å². The summed E-state index contributed by atoms with van der Waals surface area (Å²) in [6.45, 7) is 3.67. The van der Waals surface area contributed by atoms with Gasteiger partial charge >= 0.3 is 0 Å². The van der Waals surface area contributed by atoms with Crippen molar-refractivity contribution in [1.29, 1.82) is 5.26 Å². The van der Waals surface area contributed by atoms with Crippen molar-refractivity contribution in [3.63, 3.8) is 0 Å². The van der Waals surface area contributed by atoms with E-state index in [2.05, 4.69) is 11.9 Å². The summed E-state index contributed by atoms with van der Waals surface area (Å²) in [5.41, 5.74) is 0.582. The van der Waals surface area contributed by atoms with Crippen LogP contribution >= 0.6 is 0 Å². The number of carbonyl (C=O) groups excluding carboxylic acids is 2. The molecule has 5 nitrogen and oxygen atoms in total. The summed E-state index contributed by atoms with van der Waals surface area (Å²) in [7, 11) is 1.44. The SMILES string of the molecule is C=C1CCC(N(C)C(=O)c2cc(C#N)ccc2F)C(=O)N1. The first-order valence-electron chi connectivity index (χ1n) is 6.39. The number of nitrogens with zero attached hydrogens (tertiary/aromatic N) is 2. The fourth-order valence-corrected chi connectivity index (χ4v) is 2.22. The molecule has 6 heteroatoms. The molecule has 2 amide bonds. The van der Waals surface area contributed by atoms with Gasteiger partial charge in [0.25, 0.3) is 5.91 Å². The Morgan fingerprint density at radius 3 is 2.90 bits per heavy atom. The van der Waals surface area contributed by atoms with Crippen LogP contribution in [0.1, 0.15) is 28.8 Å². The molecule has 0 aromatic heterocycles. The van der Waals surface area contributed by atoms with Crippen molar-refractivity contribution in [2.45, 2.75) is 18.9 Å². The second-order valence-electron chi connectivity index (χ2n) is 4.87. The third-order valence-corrected chi connectivity index (χ3v) is 3.44. The van der Waals surface area contributed by atoms with Gasteiger partial charge in [-0.1, -0.05) is 6.58 Å². The van der Waals surface area contributed by atoms with Crippen LogP contribution in [0.3, 0.4) is 0 Å². The van der Waals surface area contributed by atoms with E-state index in [1.807, 2.05) is 6.07 Å². The molecule has 1 N–H and O–H groups in total. The number of nitriles is 1. The van der Waals surface area contributed by atoms with E-state index >= 15 is 0 Å². The zero-order valence-corrected chi connectivity index (χ0v) is 11.5. The summed E-state index contributed by atoms with van der Waals surface area (Å²) >= 11 is 0. The molecular weight excluding hydrogens is 273 g/mol. The molecule has 1 fully saturated rings. The van der Waals surface area contributed by atoms with Gasteiger partial charge in [0.1, 0.15) is 11.9 Å². The predicted molar refractivity (Wildman–Crippen MR) is 73.5 cm³/mol. The lowest BCUT2D eigenvalue weighted by atomic mass is 10.0. The molecule has 2 rings (SSSR count). The fourth-order valence-electron chi connectivity index (χ4n) is 2.22. The lowest BCUT2D eigenvalue weighted by molar-refractivity contribution is -0.125. The second kappa shape index (κ2) is 5.75. The summed E-state index contributed by atoms with van der Waals surface area (Å²) in [5, 5.41) is 11.4. The second-order valence-corrected chi connectivity index (χ2v) is 4.87. The smallest absolute Gasteiger partial charge is 0.257 e. The molecule has 0 bridgehead atoms. The van der Waals surface area contributed by atoms with Gasteiger partial charge in [-0.2, -0.15) is 5.26 Å². The highest BCUT2D eigenvalue weighted by molar-refractivity contribution is 5.98. The Kier molecular flexibility index (Phi) is 4.03. The number of halogens is 1. The highest BCUT2D eigenvalue weighted by Crippen LogP contribution is 2.19. The van der Waals surface area contributed by atoms with Crippen LogP contribution in [0.15, 0.2) is 30.5 Å². The number of amides is 2. The van der Waals surface area contributed by atoms with Crippen LogP contribution in [0.2, 0.25) is 0 Å². The van der Waals surface area contributed by atoms with Crippen molar-refractivity contribution >= 4 is 11.8 Å². The lowest BCUT2D eigenvalue weighted by Gasteiger charge is -2.31. The first-order valence-corrected chi connectivity index (χ1v) is 6.39. The Labute approximate surface area is 121 Å². The van der Waals surface area contributed by atoms with Crippen molar-refractivity contribution in [2.24, 2.45) is 0 Å². The van der Waals surface area contributed by atoms with Crippen LogP contribution in [0.5, 0.6) is 0 Å². The van der Waals surface area contributed by atoms with Crippen LogP contribution in [-0.4, -0.2) is 29.8 Å². The summed E-state index contributed by atoms with van der Waals surface area (Å²) in [5.74, 6) is -1.68. The number of allylic oxidation sites excluding steroid dienone is 1. The third kappa shape index (κ3) is 2.92. The Morgan fingerprint density at radius 2 is 2.29 bits per heavy atom. The molecule has 1 aliphatic rings. The molecule has 1 atom stereocenters. The van der Waals surface area contributed by atoms with Gasteiger partial charge in [0.15, 0.2) is 0 Å². The minimum Gasteiger partial charge on any atom is -0.330 e. The van der Waals surface area contributed by atoms with E-state index in [0.717, 1.165) is 6.07 Å². The molecule has 0 aliphatic carbocycles. The van der Waals surface area contributed by atoms with Gasteiger partial charge in [-0.25, -0.2) is 4.39 Å². The van der Waals surface area contributed by atoms with Crippen LogP contribution in [0.25, 0.3) is 0 Å². The Hall–Kier alpha value is -2.68. The maximum atomic E-state index is 13.8. The van der Waals surface area contributed by atoms with Gasteiger partial charge in [-0.15, -0.1) is 0 Å². The zero-order chi connectivity index (χ0) is 15.6. The van der Waals surface area contributed by atoms with Gasteiger partial charge in [-0.05, 0) is 31.0 Å². The van der Waals surface area contributed by atoms with Crippen molar-refractivity contribution in [1.82, 2.24) is 10.2 Å². The van der Waals surface area contributed by atoms with E-state index in [1.54, 1.807) is 0 Å². The first kappa shape index (κ1) is 14.7. The fraction of sp³-hybridized carbons (Fsp3) is 0.267. The van der Waals surface area contributed by atoms with Crippen LogP contribution in [0.4, 0.5) is 4.39 Å². The molecule has 1 heterocycles. The number of piperidine rings is 1. The number of benzene rings is 1. The van der Waals surface area contributed by atoms with Crippen LogP contribution in [-0.2, 0) is 4.79 Å². The van der Waals surface area contributed by atoms with E-state index in [4.69, 9.17) is 5.26 Å². The molecule has 108 valence electrons. The van der Waals surface area contributed by atoms with Gasteiger partial charge in [0.2, 0.25) is 5.91 Å². The molecule has 1 unspecified atom stereocenters. The van der Waals surface area contributed by atoms with E-state index in [9.17, 15) is 14.0 Å². The highest BCUT2D eigenvalue weighted by Gasteiger charge is 2.31. The first-order chi connectivity index (χ1) is 9.93. The number of carbonyl (C=O) groups is 2. The average Bonchev–Trinajstić information content (AvgIpc) is 2.46. The molecule has 21 heavy (non-hydrogen) atoms. The summed E-state index contributed by atoms with van der Waals surface area (Å²) in [4.78, 5) is 25.4. The van der Waals surface area contributed by atoms with E-state index in [-0.39, 0.29) is 17.0 Å². The molecule has 0 saturated carbocycles. The van der Waals surface area contributed by atoms with Gasteiger partial charge in [0.05, 0.1) is 17.2 Å². The van der Waals surface area contributed by atoms with Gasteiger partial charge in [-0.3, -0.25) is 9.59 Å². The summed E-state index contributed by atoms with van der Waals surface area (Å²) < 4.78 is 13.8. The third-order valence-electron chi connectivity index (χ3n) is 3.44. The Morgan fingerprint density at radius 1 is 1.57 bits per heavy atom. The minimum absolute atomic E-state index is 0.189. The number of nitrogens with one attached hydrogen (secondary N) is 1. The molecule has 0 radical (unpaired) electrons. The normalized spacial score (nSPS) is 17.9. The highest BCUT2D eigenvalue weighted by atomic mass is 19.1. The topological polar surface area (TPSA) is 73.2 Å². The summed E-state index contributed by atoms with van der Waals surface area (Å²) in [6.07, 6.45) is 1.00. The predicted octanol–water partition coefficient (Wildman–Crippen LogP) is 1.56. The molecular formula is C15H14FN3O2. The minimum atomic E-state index is -0.716.